The smallest absolute Gasteiger partial charge is 0.410 e. The Hall–Kier alpha value is -2.78. The minimum atomic E-state index is -3.13. The molecule has 0 radical (unpaired) electrons. The molecule has 28 heavy (non-hydrogen) atoms. The van der Waals surface area contributed by atoms with Gasteiger partial charge in [-0.15, -0.1) is 0 Å². The van der Waals surface area contributed by atoms with Gasteiger partial charge in [-0.3, -0.25) is 0 Å². The Morgan fingerprint density at radius 1 is 1.14 bits per heavy atom. The van der Waals surface area contributed by atoms with Crippen LogP contribution in [0.15, 0.2) is 18.5 Å². The van der Waals surface area contributed by atoms with Crippen LogP contribution in [0.4, 0.5) is 23.8 Å². The van der Waals surface area contributed by atoms with Crippen molar-refractivity contribution in [2.45, 2.75) is 33.0 Å². The molecule has 1 saturated heterocycles. The predicted molar refractivity (Wildman–Crippen MR) is 96.1 cm³/mol. The van der Waals surface area contributed by atoms with E-state index in [1.165, 1.54) is 12.4 Å². The molecule has 1 fully saturated rings. The minimum absolute atomic E-state index is 0.0993. The standard InChI is InChI=1S/C18H21F3N4O3/c1-18(2,3)28-17(26)25-8-6-24(7-9-25)15-11-4-5-12(27-16(20)21)13(19)14(11)22-10-23-15/h4-5,10,16H,6-9H2,1-3H3. The number of anilines is 1. The van der Waals surface area contributed by atoms with E-state index in [1.807, 2.05) is 4.90 Å². The zero-order valence-electron chi connectivity index (χ0n) is 15.8. The highest BCUT2D eigenvalue weighted by atomic mass is 19.3. The molecule has 3 rings (SSSR count). The lowest BCUT2D eigenvalue weighted by Crippen LogP contribution is -2.50. The van der Waals surface area contributed by atoms with E-state index in [9.17, 15) is 18.0 Å². The molecule has 0 N–H and O–H groups in total. The van der Waals surface area contributed by atoms with Crippen LogP contribution in [0.2, 0.25) is 0 Å². The Labute approximate surface area is 160 Å². The predicted octanol–water partition coefficient (Wildman–Crippen LogP) is 3.43. The zero-order chi connectivity index (χ0) is 20.5. The average Bonchev–Trinajstić information content (AvgIpc) is 2.62. The highest BCUT2D eigenvalue weighted by Crippen LogP contribution is 2.31. The molecule has 2 aromatic rings. The van der Waals surface area contributed by atoms with Crippen LogP contribution >= 0.6 is 0 Å². The molecule has 10 heteroatoms. The van der Waals surface area contributed by atoms with Crippen molar-refractivity contribution in [3.63, 3.8) is 0 Å². The fourth-order valence-corrected chi connectivity index (χ4v) is 2.93. The number of carbonyl (C=O) groups is 1. The summed E-state index contributed by atoms with van der Waals surface area (Å²) in [4.78, 5) is 23.7. The Morgan fingerprint density at radius 3 is 2.43 bits per heavy atom. The SMILES string of the molecule is CC(C)(C)OC(=O)N1CCN(c2ncnc3c(F)c(OC(F)F)ccc23)CC1. The van der Waals surface area contributed by atoms with Crippen molar-refractivity contribution >= 4 is 22.8 Å². The van der Waals surface area contributed by atoms with Gasteiger partial charge in [0, 0.05) is 31.6 Å². The van der Waals surface area contributed by atoms with Gasteiger partial charge in [-0.2, -0.15) is 8.78 Å². The van der Waals surface area contributed by atoms with Gasteiger partial charge in [-0.25, -0.2) is 19.2 Å². The van der Waals surface area contributed by atoms with Gasteiger partial charge in [0.1, 0.15) is 23.3 Å². The lowest BCUT2D eigenvalue weighted by Gasteiger charge is -2.36. The number of carbonyl (C=O) groups excluding carboxylic acids is 1. The van der Waals surface area contributed by atoms with Crippen molar-refractivity contribution in [3.8, 4) is 5.75 Å². The monoisotopic (exact) mass is 398 g/mol. The molecule has 0 atom stereocenters. The molecule has 0 spiro atoms. The molecule has 1 aliphatic heterocycles. The van der Waals surface area contributed by atoms with Crippen molar-refractivity contribution in [1.82, 2.24) is 14.9 Å². The highest BCUT2D eigenvalue weighted by molar-refractivity contribution is 5.90. The molecule has 2 heterocycles. The maximum Gasteiger partial charge on any atom is 0.410 e. The van der Waals surface area contributed by atoms with E-state index in [0.717, 1.165) is 6.07 Å². The van der Waals surface area contributed by atoms with Gasteiger partial charge in [0.2, 0.25) is 0 Å². The lowest BCUT2D eigenvalue weighted by atomic mass is 10.2. The molecule has 0 aliphatic carbocycles. The summed E-state index contributed by atoms with van der Waals surface area (Å²) >= 11 is 0. The molecule has 0 saturated carbocycles. The number of piperazine rings is 1. The second-order valence-corrected chi connectivity index (χ2v) is 7.30. The number of fused-ring (bicyclic) bond motifs is 1. The summed E-state index contributed by atoms with van der Waals surface area (Å²) in [5.74, 6) is -1.06. The number of ether oxygens (including phenoxy) is 2. The number of hydrogen-bond donors (Lipinski definition) is 0. The van der Waals surface area contributed by atoms with E-state index < -0.39 is 23.8 Å². The van der Waals surface area contributed by atoms with E-state index in [1.54, 1.807) is 25.7 Å². The Kier molecular flexibility index (Phi) is 5.48. The van der Waals surface area contributed by atoms with Crippen molar-refractivity contribution in [1.29, 1.82) is 0 Å². The second kappa shape index (κ2) is 7.69. The first-order valence-electron chi connectivity index (χ1n) is 8.76. The molecule has 1 aliphatic rings. The third kappa shape index (κ3) is 4.37. The van der Waals surface area contributed by atoms with Gasteiger partial charge in [0.15, 0.2) is 11.6 Å². The maximum absolute atomic E-state index is 14.5. The molecule has 1 amide bonds. The number of rotatable bonds is 3. The fraction of sp³-hybridized carbons (Fsp3) is 0.500. The van der Waals surface area contributed by atoms with E-state index in [4.69, 9.17) is 4.74 Å². The first kappa shape index (κ1) is 20.0. The van der Waals surface area contributed by atoms with E-state index in [2.05, 4.69) is 14.7 Å². The summed E-state index contributed by atoms with van der Waals surface area (Å²) in [6, 6.07) is 2.58. The number of halogens is 3. The van der Waals surface area contributed by atoms with Crippen LogP contribution in [0.1, 0.15) is 20.8 Å². The molecule has 7 nitrogen and oxygen atoms in total. The van der Waals surface area contributed by atoms with E-state index >= 15 is 0 Å². The van der Waals surface area contributed by atoms with Crippen molar-refractivity contribution in [3.05, 3.63) is 24.3 Å². The zero-order valence-corrected chi connectivity index (χ0v) is 15.8. The Morgan fingerprint density at radius 2 is 1.82 bits per heavy atom. The van der Waals surface area contributed by atoms with Crippen LogP contribution < -0.4 is 9.64 Å². The summed E-state index contributed by atoms with van der Waals surface area (Å²) < 4.78 is 48.8. The van der Waals surface area contributed by atoms with Crippen LogP contribution in [0.3, 0.4) is 0 Å². The highest BCUT2D eigenvalue weighted by Gasteiger charge is 2.27. The summed E-state index contributed by atoms with van der Waals surface area (Å²) in [6.45, 7) is 4.02. The van der Waals surface area contributed by atoms with Crippen molar-refractivity contribution < 1.29 is 27.4 Å². The number of benzene rings is 1. The third-order valence-corrected chi connectivity index (χ3v) is 4.14. The van der Waals surface area contributed by atoms with Crippen LogP contribution in [0.5, 0.6) is 5.75 Å². The molecule has 0 bridgehead atoms. The summed E-state index contributed by atoms with van der Waals surface area (Å²) in [7, 11) is 0. The number of hydrogen-bond acceptors (Lipinski definition) is 6. The van der Waals surface area contributed by atoms with Gasteiger partial charge in [0.05, 0.1) is 0 Å². The van der Waals surface area contributed by atoms with Crippen LogP contribution in [-0.4, -0.2) is 59.4 Å². The molecular formula is C18H21F3N4O3. The summed E-state index contributed by atoms with van der Waals surface area (Å²) in [5.41, 5.74) is -0.676. The normalized spacial score (nSPS) is 15.2. The number of amides is 1. The second-order valence-electron chi connectivity index (χ2n) is 7.30. The first-order chi connectivity index (χ1) is 13.2. The number of alkyl halides is 2. The number of aromatic nitrogens is 2. The van der Waals surface area contributed by atoms with Crippen LogP contribution in [-0.2, 0) is 4.74 Å². The lowest BCUT2D eigenvalue weighted by molar-refractivity contribution is -0.0520. The average molecular weight is 398 g/mol. The van der Waals surface area contributed by atoms with Gasteiger partial charge < -0.3 is 19.3 Å². The number of nitrogens with zero attached hydrogens (tertiary/aromatic N) is 4. The van der Waals surface area contributed by atoms with Gasteiger partial charge in [-0.1, -0.05) is 0 Å². The minimum Gasteiger partial charge on any atom is -0.444 e. The molecule has 152 valence electrons. The van der Waals surface area contributed by atoms with Crippen LogP contribution in [0.25, 0.3) is 10.9 Å². The van der Waals surface area contributed by atoms with Gasteiger partial charge in [0.25, 0.3) is 0 Å². The third-order valence-electron chi connectivity index (χ3n) is 4.14. The largest absolute Gasteiger partial charge is 0.444 e. The Bertz CT molecular complexity index is 865. The van der Waals surface area contributed by atoms with E-state index in [-0.39, 0.29) is 11.6 Å². The topological polar surface area (TPSA) is 67.8 Å². The summed E-state index contributed by atoms with van der Waals surface area (Å²) in [6.07, 6.45) is 0.784. The molecule has 1 aromatic carbocycles. The van der Waals surface area contributed by atoms with Crippen molar-refractivity contribution in [2.24, 2.45) is 0 Å². The van der Waals surface area contributed by atoms with Crippen LogP contribution in [0, 0.1) is 5.82 Å². The van der Waals surface area contributed by atoms with Crippen molar-refractivity contribution in [2.75, 3.05) is 31.1 Å². The van der Waals surface area contributed by atoms with Gasteiger partial charge in [-0.05, 0) is 32.9 Å². The quantitative estimate of drug-likeness (QED) is 0.789. The molecule has 0 unspecified atom stereocenters. The Balaban J connectivity index is 1.78. The summed E-state index contributed by atoms with van der Waals surface area (Å²) in [5, 5.41) is 0.382. The molecule has 1 aromatic heterocycles. The van der Waals surface area contributed by atoms with Gasteiger partial charge >= 0.3 is 12.7 Å². The maximum atomic E-state index is 14.5. The molecular weight excluding hydrogens is 377 g/mol. The fourth-order valence-electron chi connectivity index (χ4n) is 2.93. The van der Waals surface area contributed by atoms with E-state index in [0.29, 0.717) is 37.4 Å². The first-order valence-corrected chi connectivity index (χ1v) is 8.76.